The van der Waals surface area contributed by atoms with Gasteiger partial charge in [-0.3, -0.25) is 0 Å². The maximum absolute atomic E-state index is 11.8. The SMILES string of the molecule is CC(C)[S+]([O-])/N=C1\CCCc2ccc(Br)cc21. The fourth-order valence-corrected chi connectivity index (χ4v) is 2.90. The highest BCUT2D eigenvalue weighted by Crippen LogP contribution is 2.26. The van der Waals surface area contributed by atoms with Gasteiger partial charge in [0.1, 0.15) is 5.25 Å². The lowest BCUT2D eigenvalue weighted by atomic mass is 9.90. The number of hydrogen-bond acceptors (Lipinski definition) is 2. The fourth-order valence-electron chi connectivity index (χ4n) is 1.93. The quantitative estimate of drug-likeness (QED) is 0.768. The van der Waals surface area contributed by atoms with Crippen LogP contribution in [0.1, 0.15) is 37.8 Å². The molecule has 0 amide bonds. The molecule has 1 aromatic carbocycles. The zero-order valence-corrected chi connectivity index (χ0v) is 12.5. The largest absolute Gasteiger partial charge is 0.591 e. The summed E-state index contributed by atoms with van der Waals surface area (Å²) in [6, 6.07) is 6.28. The first-order valence-corrected chi connectivity index (χ1v) is 7.81. The van der Waals surface area contributed by atoms with Crippen LogP contribution in [0.25, 0.3) is 0 Å². The second-order valence-electron chi connectivity index (χ2n) is 4.52. The van der Waals surface area contributed by atoms with Gasteiger partial charge in [0, 0.05) is 10.0 Å². The molecule has 1 aromatic rings. The average molecular weight is 314 g/mol. The summed E-state index contributed by atoms with van der Waals surface area (Å²) >= 11 is 2.37. The Morgan fingerprint density at radius 2 is 2.12 bits per heavy atom. The lowest BCUT2D eigenvalue weighted by Crippen LogP contribution is -2.18. The molecule has 0 saturated heterocycles. The van der Waals surface area contributed by atoms with Crippen molar-refractivity contribution in [1.29, 1.82) is 0 Å². The molecule has 1 aliphatic rings. The molecule has 2 rings (SSSR count). The Labute approximate surface area is 114 Å². The molecule has 0 N–H and O–H groups in total. The number of halogens is 1. The Kier molecular flexibility index (Phi) is 4.28. The third-order valence-corrected chi connectivity index (χ3v) is 4.55. The zero-order valence-electron chi connectivity index (χ0n) is 10.1. The van der Waals surface area contributed by atoms with Crippen molar-refractivity contribution in [3.63, 3.8) is 0 Å². The molecule has 0 bridgehead atoms. The van der Waals surface area contributed by atoms with E-state index in [9.17, 15) is 4.55 Å². The van der Waals surface area contributed by atoms with Gasteiger partial charge in [0.05, 0.1) is 17.1 Å². The van der Waals surface area contributed by atoms with Crippen molar-refractivity contribution in [2.75, 3.05) is 0 Å². The van der Waals surface area contributed by atoms with Gasteiger partial charge in [0.25, 0.3) is 0 Å². The van der Waals surface area contributed by atoms with E-state index >= 15 is 0 Å². The minimum absolute atomic E-state index is 0.0834. The van der Waals surface area contributed by atoms with Crippen LogP contribution in [0.5, 0.6) is 0 Å². The van der Waals surface area contributed by atoms with Crippen molar-refractivity contribution >= 4 is 33.0 Å². The van der Waals surface area contributed by atoms with E-state index in [0.717, 1.165) is 29.4 Å². The summed E-state index contributed by atoms with van der Waals surface area (Å²) in [5.74, 6) is 0. The highest BCUT2D eigenvalue weighted by Gasteiger charge is 2.20. The second kappa shape index (κ2) is 5.55. The van der Waals surface area contributed by atoms with Crippen LogP contribution < -0.4 is 0 Å². The molecular formula is C13H16BrNOS. The molecule has 0 spiro atoms. The number of nitrogens with zero attached hydrogens (tertiary/aromatic N) is 1. The second-order valence-corrected chi connectivity index (χ2v) is 7.11. The molecule has 92 valence electrons. The molecule has 0 radical (unpaired) electrons. The van der Waals surface area contributed by atoms with E-state index in [0.29, 0.717) is 0 Å². The van der Waals surface area contributed by atoms with E-state index in [1.54, 1.807) is 0 Å². The predicted molar refractivity (Wildman–Crippen MR) is 76.9 cm³/mol. The molecule has 0 heterocycles. The van der Waals surface area contributed by atoms with Crippen molar-refractivity contribution in [1.82, 2.24) is 0 Å². The normalized spacial score (nSPS) is 19.5. The summed E-state index contributed by atoms with van der Waals surface area (Å²) in [6.07, 6.45) is 3.13. The van der Waals surface area contributed by atoms with E-state index in [4.69, 9.17) is 0 Å². The smallest absolute Gasteiger partial charge is 0.137 e. The fraction of sp³-hybridized carbons (Fsp3) is 0.462. The van der Waals surface area contributed by atoms with Gasteiger partial charge in [-0.2, -0.15) is 0 Å². The van der Waals surface area contributed by atoms with Crippen LogP contribution in [0.4, 0.5) is 0 Å². The summed E-state index contributed by atoms with van der Waals surface area (Å²) in [5.41, 5.74) is 3.48. The third-order valence-electron chi connectivity index (χ3n) is 2.85. The Morgan fingerprint density at radius 3 is 2.82 bits per heavy atom. The van der Waals surface area contributed by atoms with Gasteiger partial charge in [-0.05, 0) is 50.8 Å². The molecule has 17 heavy (non-hydrogen) atoms. The van der Waals surface area contributed by atoms with Crippen LogP contribution in [-0.2, 0) is 17.8 Å². The minimum atomic E-state index is -1.11. The van der Waals surface area contributed by atoms with Gasteiger partial charge in [-0.25, -0.2) is 0 Å². The zero-order chi connectivity index (χ0) is 12.4. The van der Waals surface area contributed by atoms with Crippen LogP contribution >= 0.6 is 15.9 Å². The van der Waals surface area contributed by atoms with E-state index in [1.807, 2.05) is 13.8 Å². The summed E-state index contributed by atoms with van der Waals surface area (Å²) in [4.78, 5) is 0. The van der Waals surface area contributed by atoms with Crippen LogP contribution in [0.15, 0.2) is 27.1 Å². The molecule has 4 heteroatoms. The van der Waals surface area contributed by atoms with Crippen molar-refractivity contribution in [3.8, 4) is 0 Å². The first-order chi connectivity index (χ1) is 8.08. The van der Waals surface area contributed by atoms with E-state index in [-0.39, 0.29) is 5.25 Å². The Morgan fingerprint density at radius 1 is 1.35 bits per heavy atom. The highest BCUT2D eigenvalue weighted by atomic mass is 79.9. The molecule has 0 fully saturated rings. The molecule has 0 aromatic heterocycles. The standard InChI is InChI=1S/C13H16BrNOS/c1-9(2)17(16)15-13-5-3-4-10-6-7-11(14)8-12(10)13/h6-9H,3-5H2,1-2H3/b15-13+. The predicted octanol–water partition coefficient (Wildman–Crippen LogP) is 3.65. The first-order valence-electron chi connectivity index (χ1n) is 5.85. The number of hydrogen-bond donors (Lipinski definition) is 0. The van der Waals surface area contributed by atoms with Gasteiger partial charge in [-0.1, -0.05) is 26.4 Å². The first kappa shape index (κ1) is 13.1. The van der Waals surface area contributed by atoms with Crippen LogP contribution in [0.2, 0.25) is 0 Å². The lowest BCUT2D eigenvalue weighted by Gasteiger charge is -2.18. The average Bonchev–Trinajstić information content (AvgIpc) is 2.29. The van der Waals surface area contributed by atoms with Crippen molar-refractivity contribution in [3.05, 3.63) is 33.8 Å². The van der Waals surface area contributed by atoms with Gasteiger partial charge >= 0.3 is 0 Å². The molecule has 2 nitrogen and oxygen atoms in total. The van der Waals surface area contributed by atoms with Crippen molar-refractivity contribution in [2.24, 2.45) is 4.40 Å². The Hall–Kier alpha value is -0.320. The number of aryl methyl sites for hydroxylation is 1. The minimum Gasteiger partial charge on any atom is -0.591 e. The van der Waals surface area contributed by atoms with Crippen molar-refractivity contribution < 1.29 is 4.55 Å². The highest BCUT2D eigenvalue weighted by molar-refractivity contribution is 9.10. The molecule has 1 unspecified atom stereocenters. The summed E-state index contributed by atoms with van der Waals surface area (Å²) in [6.45, 7) is 3.87. The van der Waals surface area contributed by atoms with Gasteiger partial charge in [-0.15, -0.1) is 0 Å². The van der Waals surface area contributed by atoms with Crippen LogP contribution in [0, 0.1) is 0 Å². The third kappa shape index (κ3) is 3.12. The summed E-state index contributed by atoms with van der Waals surface area (Å²) < 4.78 is 17.3. The molecule has 1 aliphatic carbocycles. The van der Waals surface area contributed by atoms with Crippen LogP contribution in [0.3, 0.4) is 0 Å². The van der Waals surface area contributed by atoms with E-state index in [1.165, 1.54) is 11.1 Å². The number of rotatable bonds is 2. The van der Waals surface area contributed by atoms with Gasteiger partial charge < -0.3 is 4.55 Å². The topological polar surface area (TPSA) is 35.4 Å². The maximum atomic E-state index is 11.8. The molecule has 1 atom stereocenters. The number of fused-ring (bicyclic) bond motifs is 1. The Balaban J connectivity index is 2.37. The van der Waals surface area contributed by atoms with E-state index < -0.39 is 11.4 Å². The Bertz CT molecular complexity index is 445. The molecule has 0 saturated carbocycles. The maximum Gasteiger partial charge on any atom is 0.137 e. The van der Waals surface area contributed by atoms with Gasteiger partial charge in [0.2, 0.25) is 0 Å². The number of benzene rings is 1. The monoisotopic (exact) mass is 313 g/mol. The summed E-state index contributed by atoms with van der Waals surface area (Å²) in [5, 5.41) is 0.0834. The van der Waals surface area contributed by atoms with E-state index in [2.05, 4.69) is 38.5 Å². The molecular weight excluding hydrogens is 298 g/mol. The lowest BCUT2D eigenvalue weighted by molar-refractivity contribution is 0.588. The van der Waals surface area contributed by atoms with Gasteiger partial charge in [0.15, 0.2) is 0 Å². The summed E-state index contributed by atoms with van der Waals surface area (Å²) in [7, 11) is 0. The molecule has 0 aliphatic heterocycles. The van der Waals surface area contributed by atoms with Crippen molar-refractivity contribution in [2.45, 2.75) is 38.4 Å². The van der Waals surface area contributed by atoms with Crippen LogP contribution in [-0.4, -0.2) is 15.5 Å².